The van der Waals surface area contributed by atoms with Crippen molar-refractivity contribution in [3.05, 3.63) is 0 Å². The van der Waals surface area contributed by atoms with Crippen molar-refractivity contribution in [3.8, 4) is 0 Å². The van der Waals surface area contributed by atoms with Gasteiger partial charge < -0.3 is 15.3 Å². The molecule has 1 aliphatic rings. The number of carboxylic acid groups (broad SMARTS) is 1. The molecule has 1 atom stereocenters. The Kier molecular flexibility index (Phi) is 8.55. The Labute approximate surface area is 132 Å². The lowest BCUT2D eigenvalue weighted by molar-refractivity contribution is -0.138. The highest BCUT2D eigenvalue weighted by molar-refractivity contribution is 5.76. The Morgan fingerprint density at radius 3 is 2.59 bits per heavy atom. The first-order valence-electron chi connectivity index (χ1n) is 8.29. The molecule has 6 heteroatoms. The van der Waals surface area contributed by atoms with Crippen molar-refractivity contribution in [2.45, 2.75) is 58.3 Å². The Morgan fingerprint density at radius 2 is 1.91 bits per heavy atom. The molecular formula is C16H28N2O4. The molecule has 0 radical (unpaired) electrons. The van der Waals surface area contributed by atoms with Crippen LogP contribution in [0.1, 0.15) is 58.3 Å². The number of likely N-dealkylation sites (tertiary alicyclic amines) is 1. The zero-order valence-electron chi connectivity index (χ0n) is 13.5. The van der Waals surface area contributed by atoms with E-state index in [0.29, 0.717) is 44.7 Å². The van der Waals surface area contributed by atoms with E-state index in [1.807, 2.05) is 11.8 Å². The number of hydrogen-bond donors (Lipinski definition) is 2. The molecule has 1 rings (SSSR count). The fourth-order valence-corrected chi connectivity index (χ4v) is 2.74. The summed E-state index contributed by atoms with van der Waals surface area (Å²) < 4.78 is 0. The highest BCUT2D eigenvalue weighted by atomic mass is 16.4. The fourth-order valence-electron chi connectivity index (χ4n) is 2.74. The van der Waals surface area contributed by atoms with Gasteiger partial charge in [0.15, 0.2) is 0 Å². The number of nitrogens with one attached hydrogen (secondary N) is 1. The normalized spacial score (nSPS) is 18.0. The van der Waals surface area contributed by atoms with Gasteiger partial charge in [0, 0.05) is 38.9 Å². The first-order chi connectivity index (χ1) is 10.5. The van der Waals surface area contributed by atoms with Crippen LogP contribution in [-0.4, -0.2) is 47.4 Å². The summed E-state index contributed by atoms with van der Waals surface area (Å²) >= 11 is 0. The van der Waals surface area contributed by atoms with Gasteiger partial charge in [-0.2, -0.15) is 0 Å². The van der Waals surface area contributed by atoms with Crippen LogP contribution in [0.15, 0.2) is 0 Å². The van der Waals surface area contributed by atoms with Crippen LogP contribution in [0.2, 0.25) is 0 Å². The van der Waals surface area contributed by atoms with E-state index in [9.17, 15) is 14.4 Å². The predicted molar refractivity (Wildman–Crippen MR) is 83.3 cm³/mol. The van der Waals surface area contributed by atoms with Crippen LogP contribution in [0.4, 0.5) is 0 Å². The summed E-state index contributed by atoms with van der Waals surface area (Å²) in [5.41, 5.74) is 0. The van der Waals surface area contributed by atoms with E-state index >= 15 is 0 Å². The smallest absolute Gasteiger partial charge is 0.303 e. The number of carboxylic acids is 1. The third kappa shape index (κ3) is 7.43. The molecule has 0 aromatic heterocycles. The van der Waals surface area contributed by atoms with Crippen molar-refractivity contribution >= 4 is 17.8 Å². The van der Waals surface area contributed by atoms with E-state index in [-0.39, 0.29) is 18.2 Å². The number of nitrogens with zero attached hydrogens (tertiary/aromatic N) is 1. The van der Waals surface area contributed by atoms with Crippen LogP contribution < -0.4 is 5.32 Å². The molecule has 2 amide bonds. The van der Waals surface area contributed by atoms with Crippen molar-refractivity contribution in [2.24, 2.45) is 5.92 Å². The number of amides is 2. The minimum Gasteiger partial charge on any atom is -0.481 e. The molecule has 2 N–H and O–H groups in total. The Bertz CT molecular complexity index is 384. The second kappa shape index (κ2) is 10.2. The van der Waals surface area contributed by atoms with Gasteiger partial charge in [0.25, 0.3) is 0 Å². The largest absolute Gasteiger partial charge is 0.481 e. The average Bonchev–Trinajstić information content (AvgIpc) is 2.50. The molecule has 1 aliphatic heterocycles. The number of piperidine rings is 1. The van der Waals surface area contributed by atoms with Gasteiger partial charge in [-0.1, -0.05) is 6.92 Å². The summed E-state index contributed by atoms with van der Waals surface area (Å²) in [5.74, 6) is -0.291. The molecule has 0 aliphatic carbocycles. The van der Waals surface area contributed by atoms with E-state index in [1.165, 1.54) is 0 Å². The SMILES string of the molecule is CCCC(=O)NCC1CCCN(C(=O)CCCCC(=O)O)C1. The summed E-state index contributed by atoms with van der Waals surface area (Å²) in [6.07, 6.45) is 5.12. The molecule has 0 spiro atoms. The third-order valence-electron chi connectivity index (χ3n) is 3.97. The molecule has 0 saturated carbocycles. The minimum atomic E-state index is -0.812. The lowest BCUT2D eigenvalue weighted by atomic mass is 9.97. The molecule has 1 unspecified atom stereocenters. The van der Waals surface area contributed by atoms with Crippen molar-refractivity contribution in [1.29, 1.82) is 0 Å². The van der Waals surface area contributed by atoms with E-state index in [2.05, 4.69) is 5.32 Å². The van der Waals surface area contributed by atoms with Gasteiger partial charge in [-0.05, 0) is 38.0 Å². The molecule has 1 saturated heterocycles. The highest BCUT2D eigenvalue weighted by Gasteiger charge is 2.23. The van der Waals surface area contributed by atoms with Crippen LogP contribution >= 0.6 is 0 Å². The maximum Gasteiger partial charge on any atom is 0.303 e. The Balaban J connectivity index is 2.25. The number of rotatable bonds is 9. The number of aliphatic carboxylic acids is 1. The first kappa shape index (κ1) is 18.5. The van der Waals surface area contributed by atoms with Crippen LogP contribution in [0.25, 0.3) is 0 Å². The molecule has 1 heterocycles. The molecule has 0 aromatic rings. The lowest BCUT2D eigenvalue weighted by Gasteiger charge is -2.33. The van der Waals surface area contributed by atoms with Crippen LogP contribution in [-0.2, 0) is 14.4 Å². The van der Waals surface area contributed by atoms with Gasteiger partial charge in [0.1, 0.15) is 0 Å². The molecule has 1 fully saturated rings. The molecule has 0 bridgehead atoms. The maximum atomic E-state index is 12.1. The summed E-state index contributed by atoms with van der Waals surface area (Å²) in [5, 5.41) is 11.5. The standard InChI is InChI=1S/C16H28N2O4/c1-2-6-14(19)17-11-13-7-5-10-18(12-13)15(20)8-3-4-9-16(21)22/h13H,2-12H2,1H3,(H,17,19)(H,21,22). The zero-order chi connectivity index (χ0) is 16.4. The number of unbranched alkanes of at least 4 members (excludes halogenated alkanes) is 1. The van der Waals surface area contributed by atoms with Crippen LogP contribution in [0.3, 0.4) is 0 Å². The first-order valence-corrected chi connectivity index (χ1v) is 8.29. The van der Waals surface area contributed by atoms with Crippen LogP contribution in [0, 0.1) is 5.92 Å². The number of hydrogen-bond acceptors (Lipinski definition) is 3. The molecule has 0 aromatic carbocycles. The van der Waals surface area contributed by atoms with Gasteiger partial charge in [0.05, 0.1) is 0 Å². The van der Waals surface area contributed by atoms with Crippen molar-refractivity contribution < 1.29 is 19.5 Å². The predicted octanol–water partition coefficient (Wildman–Crippen LogP) is 1.79. The van der Waals surface area contributed by atoms with E-state index in [1.54, 1.807) is 0 Å². The van der Waals surface area contributed by atoms with E-state index in [4.69, 9.17) is 5.11 Å². The monoisotopic (exact) mass is 312 g/mol. The number of carbonyl (C=O) groups is 3. The Morgan fingerprint density at radius 1 is 1.18 bits per heavy atom. The summed E-state index contributed by atoms with van der Waals surface area (Å²) in [6, 6.07) is 0. The second-order valence-electron chi connectivity index (χ2n) is 6.00. The van der Waals surface area contributed by atoms with Crippen molar-refractivity contribution in [3.63, 3.8) is 0 Å². The van der Waals surface area contributed by atoms with E-state index in [0.717, 1.165) is 25.8 Å². The summed E-state index contributed by atoms with van der Waals surface area (Å²) in [4.78, 5) is 35.9. The summed E-state index contributed by atoms with van der Waals surface area (Å²) in [7, 11) is 0. The summed E-state index contributed by atoms with van der Waals surface area (Å²) in [6.45, 7) is 4.09. The average molecular weight is 312 g/mol. The van der Waals surface area contributed by atoms with Gasteiger partial charge in [-0.25, -0.2) is 0 Å². The molecular weight excluding hydrogens is 284 g/mol. The van der Waals surface area contributed by atoms with Crippen molar-refractivity contribution in [2.75, 3.05) is 19.6 Å². The Hall–Kier alpha value is -1.59. The van der Waals surface area contributed by atoms with Gasteiger partial charge in [0.2, 0.25) is 11.8 Å². The quantitative estimate of drug-likeness (QED) is 0.635. The van der Waals surface area contributed by atoms with E-state index < -0.39 is 5.97 Å². The van der Waals surface area contributed by atoms with Crippen LogP contribution in [0.5, 0.6) is 0 Å². The van der Waals surface area contributed by atoms with Gasteiger partial charge in [-0.3, -0.25) is 14.4 Å². The second-order valence-corrected chi connectivity index (χ2v) is 6.00. The lowest BCUT2D eigenvalue weighted by Crippen LogP contribution is -2.43. The fraction of sp³-hybridized carbons (Fsp3) is 0.812. The maximum absolute atomic E-state index is 12.1. The topological polar surface area (TPSA) is 86.7 Å². The van der Waals surface area contributed by atoms with Gasteiger partial charge >= 0.3 is 5.97 Å². The zero-order valence-corrected chi connectivity index (χ0v) is 13.5. The highest BCUT2D eigenvalue weighted by Crippen LogP contribution is 2.17. The number of carbonyl (C=O) groups excluding carboxylic acids is 2. The molecule has 6 nitrogen and oxygen atoms in total. The molecule has 22 heavy (non-hydrogen) atoms. The minimum absolute atomic E-state index is 0.0830. The molecule has 126 valence electrons. The third-order valence-corrected chi connectivity index (χ3v) is 3.97. The van der Waals surface area contributed by atoms with Crippen molar-refractivity contribution in [1.82, 2.24) is 10.2 Å². The van der Waals surface area contributed by atoms with Gasteiger partial charge in [-0.15, -0.1) is 0 Å².